The highest BCUT2D eigenvalue weighted by Crippen LogP contribution is 2.14. The molecule has 0 spiro atoms. The zero-order valence-corrected chi connectivity index (χ0v) is 15.3. The predicted octanol–water partition coefficient (Wildman–Crippen LogP) is 2.89. The van der Waals surface area contributed by atoms with Gasteiger partial charge in [-0.15, -0.1) is 0 Å². The van der Waals surface area contributed by atoms with Crippen LogP contribution >= 0.6 is 0 Å². The average molecular weight is 350 g/mol. The second-order valence-electron chi connectivity index (χ2n) is 6.97. The molecule has 3 rings (SSSR count). The molecule has 1 fully saturated rings. The van der Waals surface area contributed by atoms with E-state index in [0.717, 1.165) is 12.8 Å². The van der Waals surface area contributed by atoms with E-state index < -0.39 is 0 Å². The van der Waals surface area contributed by atoms with Crippen molar-refractivity contribution in [3.05, 3.63) is 71.3 Å². The van der Waals surface area contributed by atoms with Crippen LogP contribution in [0.5, 0.6) is 0 Å². The van der Waals surface area contributed by atoms with Crippen LogP contribution in [0.3, 0.4) is 0 Å². The van der Waals surface area contributed by atoms with Gasteiger partial charge < -0.3 is 10.2 Å². The number of hydrogen-bond acceptors (Lipinski definition) is 2. The molecule has 2 amide bonds. The Balaban J connectivity index is 1.43. The van der Waals surface area contributed by atoms with Crippen molar-refractivity contribution in [1.29, 1.82) is 0 Å². The van der Waals surface area contributed by atoms with E-state index in [2.05, 4.69) is 36.5 Å². The first kappa shape index (κ1) is 18.2. The SMILES string of the molecule is Cc1ccccc1CCC(=O)NC1CC(=O)N(CCc2ccccc2)C1. The van der Waals surface area contributed by atoms with Crippen molar-refractivity contribution in [2.24, 2.45) is 0 Å². The Morgan fingerprint density at radius 2 is 1.81 bits per heavy atom. The van der Waals surface area contributed by atoms with Crippen molar-refractivity contribution < 1.29 is 9.59 Å². The topological polar surface area (TPSA) is 49.4 Å². The number of likely N-dealkylation sites (tertiary alicyclic amines) is 1. The summed E-state index contributed by atoms with van der Waals surface area (Å²) in [6, 6.07) is 18.2. The molecule has 0 radical (unpaired) electrons. The first-order valence-corrected chi connectivity index (χ1v) is 9.27. The number of carbonyl (C=O) groups excluding carboxylic acids is 2. The highest BCUT2D eigenvalue weighted by Gasteiger charge is 2.30. The lowest BCUT2D eigenvalue weighted by Crippen LogP contribution is -2.37. The van der Waals surface area contributed by atoms with Crippen LogP contribution < -0.4 is 5.32 Å². The number of nitrogens with zero attached hydrogens (tertiary/aromatic N) is 1. The molecular formula is C22H26N2O2. The average Bonchev–Trinajstić information content (AvgIpc) is 2.99. The number of aryl methyl sites for hydroxylation is 2. The molecule has 0 saturated carbocycles. The summed E-state index contributed by atoms with van der Waals surface area (Å²) in [5.41, 5.74) is 3.64. The number of nitrogens with one attached hydrogen (secondary N) is 1. The largest absolute Gasteiger partial charge is 0.351 e. The lowest BCUT2D eigenvalue weighted by molar-refractivity contribution is -0.127. The maximum atomic E-state index is 12.2. The molecule has 2 aromatic carbocycles. The van der Waals surface area contributed by atoms with E-state index in [4.69, 9.17) is 0 Å². The molecule has 1 atom stereocenters. The number of carbonyl (C=O) groups is 2. The fourth-order valence-electron chi connectivity index (χ4n) is 3.43. The summed E-state index contributed by atoms with van der Waals surface area (Å²) in [6.45, 7) is 3.38. The molecule has 1 saturated heterocycles. The van der Waals surface area contributed by atoms with Gasteiger partial charge in [-0.1, -0.05) is 54.6 Å². The number of benzene rings is 2. The molecule has 1 aliphatic rings. The van der Waals surface area contributed by atoms with E-state index in [0.29, 0.717) is 25.9 Å². The summed E-state index contributed by atoms with van der Waals surface area (Å²) in [4.78, 5) is 26.3. The Labute approximate surface area is 155 Å². The lowest BCUT2D eigenvalue weighted by Gasteiger charge is -2.17. The fourth-order valence-corrected chi connectivity index (χ4v) is 3.43. The van der Waals surface area contributed by atoms with Crippen LogP contribution in [0.1, 0.15) is 29.5 Å². The summed E-state index contributed by atoms with van der Waals surface area (Å²) in [5, 5.41) is 3.03. The van der Waals surface area contributed by atoms with Gasteiger partial charge >= 0.3 is 0 Å². The molecule has 4 heteroatoms. The van der Waals surface area contributed by atoms with Gasteiger partial charge in [0.2, 0.25) is 11.8 Å². The first-order chi connectivity index (χ1) is 12.6. The van der Waals surface area contributed by atoms with E-state index in [-0.39, 0.29) is 17.9 Å². The molecule has 1 unspecified atom stereocenters. The normalized spacial score (nSPS) is 16.7. The van der Waals surface area contributed by atoms with Gasteiger partial charge in [0.1, 0.15) is 0 Å². The zero-order valence-electron chi connectivity index (χ0n) is 15.3. The van der Waals surface area contributed by atoms with Crippen LogP contribution in [0, 0.1) is 6.92 Å². The van der Waals surface area contributed by atoms with Gasteiger partial charge in [0.15, 0.2) is 0 Å². The van der Waals surface area contributed by atoms with Crippen molar-refractivity contribution in [2.75, 3.05) is 13.1 Å². The van der Waals surface area contributed by atoms with Crippen LogP contribution in [0.4, 0.5) is 0 Å². The smallest absolute Gasteiger partial charge is 0.224 e. The Kier molecular flexibility index (Phi) is 6.05. The summed E-state index contributed by atoms with van der Waals surface area (Å²) >= 11 is 0. The summed E-state index contributed by atoms with van der Waals surface area (Å²) < 4.78 is 0. The third-order valence-corrected chi connectivity index (χ3v) is 4.98. The minimum atomic E-state index is -0.0670. The van der Waals surface area contributed by atoms with Gasteiger partial charge in [-0.25, -0.2) is 0 Å². The molecular weight excluding hydrogens is 324 g/mol. The molecule has 0 aromatic heterocycles. The van der Waals surface area contributed by atoms with E-state index in [1.54, 1.807) is 0 Å². The summed E-state index contributed by atoms with van der Waals surface area (Å²) in [6.07, 6.45) is 2.45. The molecule has 2 aromatic rings. The molecule has 4 nitrogen and oxygen atoms in total. The standard InChI is InChI=1S/C22H26N2O2/c1-17-7-5-6-10-19(17)11-12-21(25)23-20-15-22(26)24(16-20)14-13-18-8-3-2-4-9-18/h2-10,20H,11-16H2,1H3,(H,23,25). The van der Waals surface area contributed by atoms with Crippen molar-refractivity contribution in [2.45, 2.75) is 38.6 Å². The second-order valence-corrected chi connectivity index (χ2v) is 6.97. The van der Waals surface area contributed by atoms with E-state index in [9.17, 15) is 9.59 Å². The number of amides is 2. The third kappa shape index (κ3) is 4.94. The second kappa shape index (κ2) is 8.65. The quantitative estimate of drug-likeness (QED) is 0.835. The van der Waals surface area contributed by atoms with Gasteiger partial charge in [-0.05, 0) is 36.5 Å². The minimum absolute atomic E-state index is 0.0240. The molecule has 26 heavy (non-hydrogen) atoms. The number of hydrogen-bond donors (Lipinski definition) is 1. The Bertz CT molecular complexity index is 758. The van der Waals surface area contributed by atoms with Crippen LogP contribution in [-0.2, 0) is 22.4 Å². The molecule has 1 heterocycles. The molecule has 0 bridgehead atoms. The van der Waals surface area contributed by atoms with Crippen LogP contribution in [0.25, 0.3) is 0 Å². The molecule has 0 aliphatic carbocycles. The maximum Gasteiger partial charge on any atom is 0.224 e. The van der Waals surface area contributed by atoms with Crippen molar-refractivity contribution in [1.82, 2.24) is 10.2 Å². The number of rotatable bonds is 7. The highest BCUT2D eigenvalue weighted by atomic mass is 16.2. The van der Waals surface area contributed by atoms with Crippen LogP contribution in [0.15, 0.2) is 54.6 Å². The monoisotopic (exact) mass is 350 g/mol. The van der Waals surface area contributed by atoms with Crippen molar-refractivity contribution >= 4 is 11.8 Å². The molecule has 1 aliphatic heterocycles. The Morgan fingerprint density at radius 1 is 1.08 bits per heavy atom. The lowest BCUT2D eigenvalue weighted by atomic mass is 10.0. The van der Waals surface area contributed by atoms with Gasteiger partial charge in [0.25, 0.3) is 0 Å². The summed E-state index contributed by atoms with van der Waals surface area (Å²) in [5.74, 6) is 0.154. The van der Waals surface area contributed by atoms with Gasteiger partial charge in [0, 0.05) is 25.9 Å². The first-order valence-electron chi connectivity index (χ1n) is 9.27. The van der Waals surface area contributed by atoms with Crippen LogP contribution in [0.2, 0.25) is 0 Å². The maximum absolute atomic E-state index is 12.2. The predicted molar refractivity (Wildman–Crippen MR) is 103 cm³/mol. The van der Waals surface area contributed by atoms with Gasteiger partial charge in [0.05, 0.1) is 6.04 Å². The van der Waals surface area contributed by atoms with Crippen LogP contribution in [-0.4, -0.2) is 35.8 Å². The van der Waals surface area contributed by atoms with E-state index in [1.165, 1.54) is 16.7 Å². The van der Waals surface area contributed by atoms with Gasteiger partial charge in [-0.2, -0.15) is 0 Å². The van der Waals surface area contributed by atoms with E-state index in [1.807, 2.05) is 35.2 Å². The van der Waals surface area contributed by atoms with E-state index >= 15 is 0 Å². The minimum Gasteiger partial charge on any atom is -0.351 e. The third-order valence-electron chi connectivity index (χ3n) is 4.98. The molecule has 1 N–H and O–H groups in total. The van der Waals surface area contributed by atoms with Gasteiger partial charge in [-0.3, -0.25) is 9.59 Å². The highest BCUT2D eigenvalue weighted by molar-refractivity contribution is 5.82. The summed E-state index contributed by atoms with van der Waals surface area (Å²) in [7, 11) is 0. The Morgan fingerprint density at radius 3 is 2.58 bits per heavy atom. The Hall–Kier alpha value is -2.62. The van der Waals surface area contributed by atoms with Crippen molar-refractivity contribution in [3.63, 3.8) is 0 Å². The zero-order chi connectivity index (χ0) is 18.4. The van der Waals surface area contributed by atoms with Crippen molar-refractivity contribution in [3.8, 4) is 0 Å². The fraction of sp³-hybridized carbons (Fsp3) is 0.364. The molecule has 136 valence electrons.